The molecule has 1 aromatic carbocycles. The highest BCUT2D eigenvalue weighted by Gasteiger charge is 2.53. The van der Waals surface area contributed by atoms with Crippen LogP contribution in [-0.2, 0) is 13.1 Å². The molecule has 4 saturated heterocycles. The van der Waals surface area contributed by atoms with E-state index in [2.05, 4.69) is 56.7 Å². The summed E-state index contributed by atoms with van der Waals surface area (Å²) in [7, 11) is 1.74. The predicted molar refractivity (Wildman–Crippen MR) is 106 cm³/mol. The second-order valence-corrected chi connectivity index (χ2v) is 8.33. The SMILES string of the molecule is CCn1cncc1CN1C[C@@H](c2ccc(OC)cc2)[C@@H]2[C@H]1C1CCN2CC1. The third kappa shape index (κ3) is 2.88. The normalized spacial score (nSPS) is 32.6. The molecule has 5 heterocycles. The van der Waals surface area contributed by atoms with Crippen molar-refractivity contribution in [3.05, 3.63) is 48.0 Å². The number of piperidine rings is 3. The molecule has 1 aromatic heterocycles. The van der Waals surface area contributed by atoms with Crippen LogP contribution in [0.2, 0.25) is 0 Å². The monoisotopic (exact) mass is 366 g/mol. The number of methoxy groups -OCH3 is 1. The Bertz CT molecular complexity index is 778. The van der Waals surface area contributed by atoms with E-state index in [4.69, 9.17) is 4.74 Å². The van der Waals surface area contributed by atoms with Crippen molar-refractivity contribution in [2.75, 3.05) is 26.7 Å². The third-order valence-corrected chi connectivity index (χ3v) is 7.14. The summed E-state index contributed by atoms with van der Waals surface area (Å²) >= 11 is 0. The number of likely N-dealkylation sites (tertiary alicyclic amines) is 1. The lowest BCUT2D eigenvalue weighted by Gasteiger charge is -2.51. The van der Waals surface area contributed by atoms with Crippen LogP contribution in [0.25, 0.3) is 0 Å². The van der Waals surface area contributed by atoms with Gasteiger partial charge in [-0.05, 0) is 56.5 Å². The Morgan fingerprint density at radius 1 is 1.11 bits per heavy atom. The molecule has 0 aliphatic carbocycles. The molecule has 2 aromatic rings. The number of hydrogen-bond acceptors (Lipinski definition) is 4. The molecule has 0 N–H and O–H groups in total. The van der Waals surface area contributed by atoms with Crippen LogP contribution in [0, 0.1) is 5.92 Å². The summed E-state index contributed by atoms with van der Waals surface area (Å²) in [5.74, 6) is 2.38. The maximum atomic E-state index is 5.37. The number of rotatable bonds is 5. The minimum absolute atomic E-state index is 0.585. The summed E-state index contributed by atoms with van der Waals surface area (Å²) in [6.07, 6.45) is 6.75. The molecule has 144 valence electrons. The van der Waals surface area contributed by atoms with Crippen LogP contribution in [-0.4, -0.2) is 58.2 Å². The number of nitrogens with zero attached hydrogens (tertiary/aromatic N) is 4. The summed E-state index contributed by atoms with van der Waals surface area (Å²) in [6.45, 7) is 7.91. The molecule has 3 atom stereocenters. The average Bonchev–Trinajstić information content (AvgIpc) is 3.35. The first kappa shape index (κ1) is 17.3. The van der Waals surface area contributed by atoms with Gasteiger partial charge in [-0.15, -0.1) is 0 Å². The number of hydrogen-bond donors (Lipinski definition) is 0. The van der Waals surface area contributed by atoms with Gasteiger partial charge in [-0.1, -0.05) is 12.1 Å². The lowest BCUT2D eigenvalue weighted by molar-refractivity contribution is -0.00920. The lowest BCUT2D eigenvalue weighted by atomic mass is 9.75. The fraction of sp³-hybridized carbons (Fsp3) is 0.591. The van der Waals surface area contributed by atoms with Gasteiger partial charge in [0.1, 0.15) is 5.75 Å². The predicted octanol–water partition coefficient (Wildman–Crippen LogP) is 2.97. The Labute approximate surface area is 161 Å². The van der Waals surface area contributed by atoms with Gasteiger partial charge in [0.05, 0.1) is 19.1 Å². The van der Waals surface area contributed by atoms with E-state index < -0.39 is 0 Å². The van der Waals surface area contributed by atoms with Gasteiger partial charge in [-0.3, -0.25) is 9.80 Å². The zero-order valence-corrected chi connectivity index (χ0v) is 16.4. The van der Waals surface area contributed by atoms with Crippen LogP contribution < -0.4 is 4.74 Å². The number of fused-ring (bicyclic) bond motifs is 2. The Kier molecular flexibility index (Phi) is 4.44. The summed E-state index contributed by atoms with van der Waals surface area (Å²) in [6, 6.07) is 10.1. The van der Waals surface area contributed by atoms with E-state index in [9.17, 15) is 0 Å². The average molecular weight is 367 g/mol. The van der Waals surface area contributed by atoms with Crippen LogP contribution in [0.3, 0.4) is 0 Å². The summed E-state index contributed by atoms with van der Waals surface area (Å²) in [5.41, 5.74) is 2.81. The molecule has 0 amide bonds. The first-order valence-corrected chi connectivity index (χ1v) is 10.4. The minimum atomic E-state index is 0.585. The van der Waals surface area contributed by atoms with Gasteiger partial charge in [-0.2, -0.15) is 0 Å². The van der Waals surface area contributed by atoms with Crippen molar-refractivity contribution >= 4 is 0 Å². The van der Waals surface area contributed by atoms with Crippen LogP contribution in [0.1, 0.15) is 36.9 Å². The molecule has 0 unspecified atom stereocenters. The number of aromatic nitrogens is 2. The van der Waals surface area contributed by atoms with Crippen molar-refractivity contribution in [3.8, 4) is 5.75 Å². The van der Waals surface area contributed by atoms with Crippen molar-refractivity contribution in [2.45, 2.75) is 50.9 Å². The van der Waals surface area contributed by atoms with Gasteiger partial charge in [0, 0.05) is 43.8 Å². The van der Waals surface area contributed by atoms with Crippen molar-refractivity contribution in [3.63, 3.8) is 0 Å². The molecular formula is C22H30N4O. The fourth-order valence-electron chi connectivity index (χ4n) is 5.84. The molecule has 4 aliphatic heterocycles. The molecule has 2 bridgehead atoms. The van der Waals surface area contributed by atoms with Gasteiger partial charge in [0.15, 0.2) is 0 Å². The van der Waals surface area contributed by atoms with E-state index in [-0.39, 0.29) is 0 Å². The highest BCUT2D eigenvalue weighted by Crippen LogP contribution is 2.47. The maximum absolute atomic E-state index is 5.37. The van der Waals surface area contributed by atoms with E-state index in [1.54, 1.807) is 7.11 Å². The van der Waals surface area contributed by atoms with Gasteiger partial charge in [-0.25, -0.2) is 4.98 Å². The summed E-state index contributed by atoms with van der Waals surface area (Å²) < 4.78 is 7.66. The minimum Gasteiger partial charge on any atom is -0.497 e. The fourth-order valence-corrected chi connectivity index (χ4v) is 5.84. The smallest absolute Gasteiger partial charge is 0.118 e. The molecule has 5 nitrogen and oxygen atoms in total. The quantitative estimate of drug-likeness (QED) is 0.815. The van der Waals surface area contributed by atoms with Crippen molar-refractivity contribution in [1.29, 1.82) is 0 Å². The zero-order chi connectivity index (χ0) is 18.4. The topological polar surface area (TPSA) is 33.5 Å². The molecule has 0 spiro atoms. The molecule has 0 saturated carbocycles. The molecule has 6 rings (SSSR count). The van der Waals surface area contributed by atoms with E-state index in [1.807, 2.05) is 6.33 Å². The van der Waals surface area contributed by atoms with E-state index in [1.165, 1.54) is 37.2 Å². The van der Waals surface area contributed by atoms with Crippen LogP contribution in [0.15, 0.2) is 36.8 Å². The Morgan fingerprint density at radius 2 is 1.89 bits per heavy atom. The van der Waals surface area contributed by atoms with Crippen LogP contribution in [0.5, 0.6) is 5.75 Å². The van der Waals surface area contributed by atoms with Gasteiger partial charge >= 0.3 is 0 Å². The van der Waals surface area contributed by atoms with Crippen molar-refractivity contribution in [2.24, 2.45) is 5.92 Å². The Hall–Kier alpha value is -1.85. The highest BCUT2D eigenvalue weighted by atomic mass is 16.5. The van der Waals surface area contributed by atoms with Crippen LogP contribution >= 0.6 is 0 Å². The standard InChI is InChI=1S/C22H30N4O/c1-3-24-15-23-12-18(24)13-26-14-20(16-4-6-19(27-2)7-5-16)22-21(26)17-8-10-25(22)11-9-17/h4-7,12,15,17,20-22H,3,8-11,13-14H2,1-2H3/t20-,21+,22+/m0/s1. The molecule has 4 aliphatic rings. The molecular weight excluding hydrogens is 336 g/mol. The summed E-state index contributed by atoms with van der Waals surface area (Å²) in [4.78, 5) is 9.93. The maximum Gasteiger partial charge on any atom is 0.118 e. The highest BCUT2D eigenvalue weighted by molar-refractivity contribution is 5.33. The van der Waals surface area contributed by atoms with Crippen molar-refractivity contribution < 1.29 is 4.74 Å². The number of aryl methyl sites for hydroxylation is 1. The van der Waals surface area contributed by atoms with E-state index >= 15 is 0 Å². The number of ether oxygens (including phenoxy) is 1. The Balaban J connectivity index is 1.46. The van der Waals surface area contributed by atoms with E-state index in [0.29, 0.717) is 18.0 Å². The van der Waals surface area contributed by atoms with Gasteiger partial charge in [0.25, 0.3) is 0 Å². The summed E-state index contributed by atoms with van der Waals surface area (Å²) in [5, 5.41) is 0. The van der Waals surface area contributed by atoms with Crippen LogP contribution in [0.4, 0.5) is 0 Å². The zero-order valence-electron chi connectivity index (χ0n) is 16.4. The first-order chi connectivity index (χ1) is 13.3. The second-order valence-electron chi connectivity index (χ2n) is 8.33. The number of imidazole rings is 1. The second kappa shape index (κ2) is 6.95. The largest absolute Gasteiger partial charge is 0.497 e. The molecule has 5 heteroatoms. The lowest BCUT2D eigenvalue weighted by Crippen LogP contribution is -2.60. The van der Waals surface area contributed by atoms with Gasteiger partial charge < -0.3 is 9.30 Å². The van der Waals surface area contributed by atoms with Crippen molar-refractivity contribution in [1.82, 2.24) is 19.4 Å². The molecule has 0 radical (unpaired) electrons. The van der Waals surface area contributed by atoms with E-state index in [0.717, 1.165) is 31.3 Å². The van der Waals surface area contributed by atoms with Gasteiger partial charge in [0.2, 0.25) is 0 Å². The third-order valence-electron chi connectivity index (χ3n) is 7.14. The Morgan fingerprint density at radius 3 is 2.59 bits per heavy atom. The molecule has 27 heavy (non-hydrogen) atoms. The molecule has 4 fully saturated rings. The number of benzene rings is 1. The first-order valence-electron chi connectivity index (χ1n) is 10.4.